The van der Waals surface area contributed by atoms with Gasteiger partial charge >= 0.3 is 5.97 Å². The second-order valence-corrected chi connectivity index (χ2v) is 13.7. The van der Waals surface area contributed by atoms with Gasteiger partial charge in [0.2, 0.25) is 0 Å². The number of piperazine rings is 1. The Balaban J connectivity index is 1.02. The minimum Gasteiger partial charge on any atom is -0.477 e. The molecule has 0 spiro atoms. The summed E-state index contributed by atoms with van der Waals surface area (Å²) in [5, 5.41) is 9.92. The highest BCUT2D eigenvalue weighted by atomic mass is 35.5. The van der Waals surface area contributed by atoms with E-state index in [1.54, 1.807) is 19.1 Å². The van der Waals surface area contributed by atoms with Crippen LogP contribution in [-0.2, 0) is 17.8 Å². The molecule has 3 fully saturated rings. The smallest absolute Gasteiger partial charge is 0.346 e. The van der Waals surface area contributed by atoms with Gasteiger partial charge in [-0.1, -0.05) is 23.7 Å². The highest BCUT2D eigenvalue weighted by molar-refractivity contribution is 7.20. The average molecular weight is 627 g/mol. The molecule has 226 valence electrons. The van der Waals surface area contributed by atoms with Crippen LogP contribution in [0.15, 0.2) is 47.3 Å². The van der Waals surface area contributed by atoms with Gasteiger partial charge in [0.1, 0.15) is 21.4 Å². The Bertz CT molecular complexity index is 1670. The van der Waals surface area contributed by atoms with Crippen LogP contribution in [-0.4, -0.2) is 69.2 Å². The Morgan fingerprint density at radius 3 is 2.72 bits per heavy atom. The second kappa shape index (κ2) is 10.2. The van der Waals surface area contributed by atoms with Crippen LogP contribution in [0, 0.1) is 5.92 Å². The highest BCUT2D eigenvalue weighted by Gasteiger charge is 2.49. The van der Waals surface area contributed by atoms with E-state index in [0.717, 1.165) is 60.8 Å². The van der Waals surface area contributed by atoms with Gasteiger partial charge in [-0.25, -0.2) is 14.2 Å². The maximum atomic E-state index is 15.0. The van der Waals surface area contributed by atoms with Crippen molar-refractivity contribution in [2.45, 2.75) is 69.7 Å². The standard InChI is InChI=1S/C31H32ClFN4O5S/c1-31(21-8-5-17(32)11-22(21)33)41-25-4-2-3-23(28(25)42-31)35-13-18-6-7-19(14-35)36(18)16-27-34-29-24(12-26(43-29)30(38)39)37(27)15-20-9-10-40-20/h2-5,11-12,18-21H,6-10,13-16H2,1H3,(H,38,39)/t18?,19?,20-,21?,31-/m0/s1. The fraction of sp³-hybridized carbons (Fsp3) is 0.484. The number of fused-ring (bicyclic) bond motifs is 4. The molecule has 12 heteroatoms. The molecule has 1 aromatic carbocycles. The van der Waals surface area contributed by atoms with Gasteiger partial charge in [-0.15, -0.1) is 11.3 Å². The Morgan fingerprint density at radius 2 is 2.02 bits per heavy atom. The van der Waals surface area contributed by atoms with E-state index in [0.29, 0.717) is 53.0 Å². The number of halogens is 2. The zero-order valence-electron chi connectivity index (χ0n) is 23.7. The summed E-state index contributed by atoms with van der Waals surface area (Å²) in [6, 6.07) is 8.31. The third kappa shape index (κ3) is 4.63. The van der Waals surface area contributed by atoms with E-state index < -0.39 is 17.7 Å². The Kier molecular flexibility index (Phi) is 6.52. The summed E-state index contributed by atoms with van der Waals surface area (Å²) in [4.78, 5) is 22.6. The SMILES string of the molecule is C[C@]1(C2CC=C(Cl)C=C2F)Oc2cccc(N3CC4CCC(C3)N4Cc3nc4sc(C(=O)O)cc4n3C[C@@H]3CCO3)c2O1. The van der Waals surface area contributed by atoms with E-state index in [2.05, 4.69) is 20.4 Å². The van der Waals surface area contributed by atoms with Crippen molar-refractivity contribution in [1.82, 2.24) is 14.5 Å². The molecule has 2 aromatic heterocycles. The van der Waals surface area contributed by atoms with Crippen LogP contribution in [0.4, 0.5) is 10.1 Å². The molecule has 1 N–H and O–H groups in total. The lowest BCUT2D eigenvalue weighted by molar-refractivity contribution is -0.103. The summed E-state index contributed by atoms with van der Waals surface area (Å²) >= 11 is 7.26. The topological polar surface area (TPSA) is 89.3 Å². The van der Waals surface area contributed by atoms with Crippen LogP contribution in [0.2, 0.25) is 0 Å². The number of aromatic carboxylic acids is 1. The number of hydrogen-bond acceptors (Lipinski definition) is 8. The largest absolute Gasteiger partial charge is 0.477 e. The molecule has 5 aliphatic rings. The van der Waals surface area contributed by atoms with Gasteiger partial charge in [0.15, 0.2) is 11.5 Å². The zero-order valence-corrected chi connectivity index (χ0v) is 25.2. The summed E-state index contributed by atoms with van der Waals surface area (Å²) in [5.74, 6) is -0.752. The van der Waals surface area contributed by atoms with Crippen molar-refractivity contribution in [3.05, 3.63) is 58.0 Å². The molecule has 4 aliphatic heterocycles. The van der Waals surface area contributed by atoms with Crippen molar-refractivity contribution in [2.75, 3.05) is 24.6 Å². The first-order chi connectivity index (χ1) is 20.8. The summed E-state index contributed by atoms with van der Waals surface area (Å²) < 4.78 is 35.6. The minimum absolute atomic E-state index is 0.136. The third-order valence-electron chi connectivity index (χ3n) is 9.58. The number of carboxylic acids is 1. The second-order valence-electron chi connectivity index (χ2n) is 12.2. The molecule has 8 rings (SSSR count). The first-order valence-electron chi connectivity index (χ1n) is 14.8. The molecule has 3 aromatic rings. The lowest BCUT2D eigenvalue weighted by Crippen LogP contribution is -2.53. The van der Waals surface area contributed by atoms with E-state index in [9.17, 15) is 14.3 Å². The molecule has 0 radical (unpaired) electrons. The number of para-hydroxylation sites is 1. The van der Waals surface area contributed by atoms with E-state index in [1.165, 1.54) is 17.4 Å². The van der Waals surface area contributed by atoms with Crippen molar-refractivity contribution in [2.24, 2.45) is 5.92 Å². The van der Waals surface area contributed by atoms with Crippen LogP contribution in [0.3, 0.4) is 0 Å². The molecule has 43 heavy (non-hydrogen) atoms. The lowest BCUT2D eigenvalue weighted by atomic mass is 9.91. The molecule has 1 aliphatic carbocycles. The van der Waals surface area contributed by atoms with Crippen LogP contribution in [0.1, 0.15) is 48.1 Å². The number of carboxylic acid groups (broad SMARTS) is 1. The number of anilines is 1. The molecular formula is C31H32ClFN4O5S. The van der Waals surface area contributed by atoms with Gasteiger partial charge in [0.05, 0.1) is 36.3 Å². The van der Waals surface area contributed by atoms with Gasteiger partial charge in [0, 0.05) is 43.7 Å². The van der Waals surface area contributed by atoms with E-state index in [4.69, 9.17) is 30.8 Å². The predicted molar refractivity (Wildman–Crippen MR) is 161 cm³/mol. The quantitative estimate of drug-likeness (QED) is 0.346. The van der Waals surface area contributed by atoms with Crippen LogP contribution in [0.5, 0.6) is 11.5 Å². The number of allylic oxidation sites excluding steroid dienone is 3. The summed E-state index contributed by atoms with van der Waals surface area (Å²) in [7, 11) is 0. The number of carbonyl (C=O) groups is 1. The van der Waals surface area contributed by atoms with Gasteiger partial charge in [-0.3, -0.25) is 4.90 Å². The monoisotopic (exact) mass is 626 g/mol. The van der Waals surface area contributed by atoms with Crippen molar-refractivity contribution >= 4 is 44.9 Å². The number of benzene rings is 1. The summed E-state index contributed by atoms with van der Waals surface area (Å²) in [6.45, 7) is 5.60. The highest BCUT2D eigenvalue weighted by Crippen LogP contribution is 2.51. The molecule has 0 saturated carbocycles. The van der Waals surface area contributed by atoms with Crippen molar-refractivity contribution in [3.63, 3.8) is 0 Å². The first-order valence-corrected chi connectivity index (χ1v) is 16.0. The number of nitrogens with zero attached hydrogens (tertiary/aromatic N) is 4. The first kappa shape index (κ1) is 27.4. The fourth-order valence-electron chi connectivity index (χ4n) is 7.25. The summed E-state index contributed by atoms with van der Waals surface area (Å²) in [5.41, 5.74) is 1.85. The Labute approximate surface area is 257 Å². The Hall–Kier alpha value is -3.12. The van der Waals surface area contributed by atoms with E-state index in [-0.39, 0.29) is 11.9 Å². The van der Waals surface area contributed by atoms with Gasteiger partial charge in [0.25, 0.3) is 5.79 Å². The van der Waals surface area contributed by atoms with Gasteiger partial charge in [-0.05, 0) is 50.0 Å². The number of rotatable bonds is 7. The van der Waals surface area contributed by atoms with Crippen molar-refractivity contribution < 1.29 is 28.5 Å². The number of aromatic nitrogens is 2. The summed E-state index contributed by atoms with van der Waals surface area (Å²) in [6.07, 6.45) is 6.85. The third-order valence-corrected chi connectivity index (χ3v) is 10.9. The predicted octanol–water partition coefficient (Wildman–Crippen LogP) is 5.92. The molecule has 5 atom stereocenters. The maximum absolute atomic E-state index is 15.0. The molecule has 3 saturated heterocycles. The van der Waals surface area contributed by atoms with Crippen LogP contribution >= 0.6 is 22.9 Å². The van der Waals surface area contributed by atoms with Crippen molar-refractivity contribution in [1.29, 1.82) is 0 Å². The minimum atomic E-state index is -1.16. The lowest BCUT2D eigenvalue weighted by Gasteiger charge is -2.42. The molecule has 9 nitrogen and oxygen atoms in total. The zero-order chi connectivity index (χ0) is 29.5. The number of hydrogen-bond donors (Lipinski definition) is 1. The molecule has 2 bridgehead atoms. The molecular weight excluding hydrogens is 595 g/mol. The fourth-order valence-corrected chi connectivity index (χ4v) is 8.34. The Morgan fingerprint density at radius 1 is 1.23 bits per heavy atom. The van der Waals surface area contributed by atoms with Crippen LogP contribution < -0.4 is 14.4 Å². The normalized spacial score (nSPS) is 30.0. The molecule has 0 amide bonds. The molecule has 6 heterocycles. The maximum Gasteiger partial charge on any atom is 0.346 e. The number of imidazole rings is 1. The average Bonchev–Trinajstić information content (AvgIpc) is 3.65. The number of thiophene rings is 1. The molecule has 3 unspecified atom stereocenters. The van der Waals surface area contributed by atoms with E-state index >= 15 is 0 Å². The van der Waals surface area contributed by atoms with Gasteiger partial charge < -0.3 is 28.8 Å². The van der Waals surface area contributed by atoms with Crippen LogP contribution in [0.25, 0.3) is 10.3 Å². The van der Waals surface area contributed by atoms with Crippen molar-refractivity contribution in [3.8, 4) is 11.5 Å². The number of ether oxygens (including phenoxy) is 3. The van der Waals surface area contributed by atoms with Gasteiger partial charge in [-0.2, -0.15) is 0 Å². The van der Waals surface area contributed by atoms with E-state index in [1.807, 2.05) is 12.1 Å².